The Labute approximate surface area is 192 Å². The van der Waals surface area contributed by atoms with E-state index in [0.29, 0.717) is 0 Å². The molecule has 0 spiro atoms. The van der Waals surface area contributed by atoms with Crippen molar-refractivity contribution in [3.05, 3.63) is 57.3 Å². The van der Waals surface area contributed by atoms with Crippen LogP contribution in [0.4, 0.5) is 0 Å². The zero-order chi connectivity index (χ0) is 22.5. The predicted molar refractivity (Wildman–Crippen MR) is 127 cm³/mol. The Morgan fingerprint density at radius 3 is 2.55 bits per heavy atom. The van der Waals surface area contributed by atoms with Crippen LogP contribution in [0.3, 0.4) is 0 Å². The zero-order valence-electron chi connectivity index (χ0n) is 16.9. The lowest BCUT2D eigenvalue weighted by atomic mass is 10.1. The van der Waals surface area contributed by atoms with E-state index in [-0.39, 0.29) is 26.7 Å². The highest BCUT2D eigenvalue weighted by molar-refractivity contribution is 9.10. The van der Waals surface area contributed by atoms with E-state index in [1.807, 2.05) is 44.2 Å². The first kappa shape index (κ1) is 21.7. The number of aryl methyl sites for hydroxylation is 1. The van der Waals surface area contributed by atoms with Crippen LogP contribution in [0.25, 0.3) is 11.8 Å². The van der Waals surface area contributed by atoms with Crippen LogP contribution in [0, 0.1) is 19.3 Å². The molecule has 160 valence electrons. The number of fused-ring (bicyclic) bond motifs is 1. The number of carbonyl (C=O) groups excluding carboxylic acids is 1. The number of hydrogen-bond donors (Lipinski definition) is 1. The summed E-state index contributed by atoms with van der Waals surface area (Å²) in [4.78, 5) is 16.6. The fourth-order valence-electron chi connectivity index (χ4n) is 3.30. The van der Waals surface area contributed by atoms with E-state index in [4.69, 9.17) is 5.41 Å². The van der Waals surface area contributed by atoms with Crippen molar-refractivity contribution in [1.82, 2.24) is 9.58 Å². The molecule has 1 amide bonds. The summed E-state index contributed by atoms with van der Waals surface area (Å²) < 4.78 is 27.2. The van der Waals surface area contributed by atoms with Gasteiger partial charge in [0.05, 0.1) is 11.3 Å². The van der Waals surface area contributed by atoms with E-state index in [9.17, 15) is 13.2 Å². The van der Waals surface area contributed by atoms with E-state index in [1.165, 1.54) is 6.92 Å². The second kappa shape index (κ2) is 7.88. The minimum absolute atomic E-state index is 0.0549. The molecule has 0 atom stereocenters. The highest BCUT2D eigenvalue weighted by Crippen LogP contribution is 2.31. The number of sulfone groups is 1. The standard InChI is InChI=1S/C20H18BrN5O3S2/c1-4-31(28,29)20-24-26-17(22)16(18(27)23-19(26)30-20)10-13-9-11(2)25(12(13)3)15-7-5-14(21)6-8-15/h5-10,22H,4H2,1-3H3/b16-10-,22-17?. The molecule has 0 saturated heterocycles. The second-order valence-electron chi connectivity index (χ2n) is 6.93. The Hall–Kier alpha value is -2.50. The summed E-state index contributed by atoms with van der Waals surface area (Å²) >= 11 is 4.23. The maximum atomic E-state index is 12.6. The van der Waals surface area contributed by atoms with Crippen LogP contribution in [0.15, 0.2) is 50.5 Å². The van der Waals surface area contributed by atoms with Gasteiger partial charge in [0.2, 0.25) is 19.4 Å². The van der Waals surface area contributed by atoms with Crippen LogP contribution in [-0.2, 0) is 14.6 Å². The van der Waals surface area contributed by atoms with Crippen molar-refractivity contribution < 1.29 is 13.2 Å². The summed E-state index contributed by atoms with van der Waals surface area (Å²) in [6, 6.07) is 9.80. The van der Waals surface area contributed by atoms with Crippen LogP contribution in [-0.4, -0.2) is 45.0 Å². The van der Waals surface area contributed by atoms with E-state index >= 15 is 0 Å². The molecular weight excluding hydrogens is 502 g/mol. The molecule has 1 aromatic heterocycles. The number of hydrazone groups is 1. The van der Waals surface area contributed by atoms with Crippen molar-refractivity contribution in [2.45, 2.75) is 20.8 Å². The SMILES string of the molecule is CCS(=O)(=O)C1=NN2C(=N)/C(=C/c3cc(C)n(-c4ccc(Br)cc4)c3C)C(=O)N=C2S1. The Balaban J connectivity index is 1.74. The summed E-state index contributed by atoms with van der Waals surface area (Å²) in [7, 11) is -3.56. The summed E-state index contributed by atoms with van der Waals surface area (Å²) in [5, 5.41) is 13.7. The maximum absolute atomic E-state index is 12.6. The lowest BCUT2D eigenvalue weighted by molar-refractivity contribution is -0.114. The summed E-state index contributed by atoms with van der Waals surface area (Å²) in [6.45, 7) is 5.41. The molecule has 3 heterocycles. The summed E-state index contributed by atoms with van der Waals surface area (Å²) in [6.07, 6.45) is 1.61. The highest BCUT2D eigenvalue weighted by atomic mass is 79.9. The third-order valence-corrected chi connectivity index (χ3v) is 8.55. The van der Waals surface area contributed by atoms with Crippen molar-refractivity contribution in [3.63, 3.8) is 0 Å². The van der Waals surface area contributed by atoms with E-state index in [1.54, 1.807) is 6.08 Å². The van der Waals surface area contributed by atoms with Gasteiger partial charge in [0.15, 0.2) is 5.84 Å². The minimum atomic E-state index is -3.56. The molecule has 11 heteroatoms. The third kappa shape index (κ3) is 3.81. The Morgan fingerprint density at radius 2 is 1.90 bits per heavy atom. The second-order valence-corrected chi connectivity index (χ2v) is 11.3. The number of thioether (sulfide) groups is 1. The van der Waals surface area contributed by atoms with Gasteiger partial charge in [-0.25, -0.2) is 8.42 Å². The summed E-state index contributed by atoms with van der Waals surface area (Å²) in [5.74, 6) is -0.911. The third-order valence-electron chi connectivity index (χ3n) is 4.94. The zero-order valence-corrected chi connectivity index (χ0v) is 20.1. The van der Waals surface area contributed by atoms with Crippen LogP contribution >= 0.6 is 27.7 Å². The average Bonchev–Trinajstić information content (AvgIpc) is 3.27. The average molecular weight is 520 g/mol. The monoisotopic (exact) mass is 519 g/mol. The normalized spacial score (nSPS) is 17.8. The minimum Gasteiger partial charge on any atom is -0.318 e. The molecule has 1 aromatic carbocycles. The fourth-order valence-corrected chi connectivity index (χ4v) is 5.73. The van der Waals surface area contributed by atoms with Crippen LogP contribution in [0.5, 0.6) is 0 Å². The molecule has 0 bridgehead atoms. The molecule has 1 N–H and O–H groups in total. The first-order valence-electron chi connectivity index (χ1n) is 9.30. The molecule has 0 radical (unpaired) electrons. The van der Waals surface area contributed by atoms with Gasteiger partial charge < -0.3 is 4.57 Å². The maximum Gasteiger partial charge on any atom is 0.283 e. The predicted octanol–water partition coefficient (Wildman–Crippen LogP) is 3.87. The van der Waals surface area contributed by atoms with Gasteiger partial charge in [-0.05, 0) is 67.6 Å². The first-order chi connectivity index (χ1) is 14.6. The molecule has 2 aliphatic heterocycles. The number of halogens is 1. The highest BCUT2D eigenvalue weighted by Gasteiger charge is 2.39. The quantitative estimate of drug-likeness (QED) is 0.619. The smallest absolute Gasteiger partial charge is 0.283 e. The van der Waals surface area contributed by atoms with E-state index < -0.39 is 15.7 Å². The number of rotatable bonds is 3. The van der Waals surface area contributed by atoms with Crippen LogP contribution < -0.4 is 0 Å². The molecular formula is C20H18BrN5O3S2. The fraction of sp³-hybridized carbons (Fsp3) is 0.200. The number of hydrogen-bond acceptors (Lipinski definition) is 6. The largest absolute Gasteiger partial charge is 0.318 e. The van der Waals surface area contributed by atoms with Gasteiger partial charge in [-0.1, -0.05) is 22.9 Å². The molecule has 2 aromatic rings. The molecule has 0 aliphatic carbocycles. The van der Waals surface area contributed by atoms with Gasteiger partial charge in [-0.2, -0.15) is 10.0 Å². The Bertz CT molecular complexity index is 1320. The number of aromatic nitrogens is 1. The van der Waals surface area contributed by atoms with Gasteiger partial charge in [-0.3, -0.25) is 10.2 Å². The van der Waals surface area contributed by atoms with Gasteiger partial charge in [-0.15, -0.1) is 5.10 Å². The van der Waals surface area contributed by atoms with E-state index in [2.05, 4.69) is 30.6 Å². The van der Waals surface area contributed by atoms with E-state index in [0.717, 1.165) is 43.9 Å². The first-order valence-corrected chi connectivity index (χ1v) is 12.6. The van der Waals surface area contributed by atoms with Crippen molar-refractivity contribution in [3.8, 4) is 5.69 Å². The van der Waals surface area contributed by atoms with Gasteiger partial charge in [0, 0.05) is 21.5 Å². The number of benzene rings is 1. The summed E-state index contributed by atoms with van der Waals surface area (Å²) in [5.41, 5.74) is 3.67. The molecule has 0 fully saturated rings. The van der Waals surface area contributed by atoms with Crippen molar-refractivity contribution in [2.75, 3.05) is 5.75 Å². The number of amides is 1. The lowest BCUT2D eigenvalue weighted by Crippen LogP contribution is -2.35. The number of carbonyl (C=O) groups is 1. The Kier molecular flexibility index (Phi) is 5.52. The van der Waals surface area contributed by atoms with Gasteiger partial charge in [0.25, 0.3) is 5.91 Å². The number of amidine groups is 2. The number of aliphatic imine (C=N–C) groups is 1. The van der Waals surface area contributed by atoms with Crippen molar-refractivity contribution in [1.29, 1.82) is 5.41 Å². The Morgan fingerprint density at radius 1 is 1.23 bits per heavy atom. The molecule has 4 rings (SSSR count). The van der Waals surface area contributed by atoms with Crippen molar-refractivity contribution >= 4 is 64.9 Å². The lowest BCUT2D eigenvalue weighted by Gasteiger charge is -2.20. The van der Waals surface area contributed by atoms with Crippen molar-refractivity contribution in [2.24, 2.45) is 10.1 Å². The van der Waals surface area contributed by atoms with Gasteiger partial charge >= 0.3 is 0 Å². The molecule has 0 saturated carbocycles. The van der Waals surface area contributed by atoms with Gasteiger partial charge in [0.1, 0.15) is 0 Å². The molecule has 0 unspecified atom stereocenters. The molecule has 8 nitrogen and oxygen atoms in total. The topological polar surface area (TPSA) is 108 Å². The van der Waals surface area contributed by atoms with Crippen LogP contribution in [0.2, 0.25) is 0 Å². The van der Waals surface area contributed by atoms with Crippen LogP contribution in [0.1, 0.15) is 23.9 Å². The molecule has 2 aliphatic rings. The number of nitrogens with zero attached hydrogens (tertiary/aromatic N) is 4. The number of nitrogens with one attached hydrogen (secondary N) is 1. The molecule has 31 heavy (non-hydrogen) atoms.